The van der Waals surface area contributed by atoms with Crippen LogP contribution in [0.3, 0.4) is 0 Å². The molecule has 0 saturated carbocycles. The van der Waals surface area contributed by atoms with E-state index in [1.807, 2.05) is 0 Å². The number of imidazole rings is 1. The van der Waals surface area contributed by atoms with Gasteiger partial charge in [-0.15, -0.1) is 0 Å². The van der Waals surface area contributed by atoms with Crippen LogP contribution in [0, 0.1) is 6.92 Å². The van der Waals surface area contributed by atoms with Crippen molar-refractivity contribution in [3.05, 3.63) is 12.0 Å². The second-order valence-corrected chi connectivity index (χ2v) is 5.13. The first kappa shape index (κ1) is 14.9. The molecule has 0 bridgehead atoms. The van der Waals surface area contributed by atoms with E-state index in [-0.39, 0.29) is 18.2 Å². The van der Waals surface area contributed by atoms with E-state index in [9.17, 15) is 21.6 Å². The molecule has 0 aliphatic carbocycles. The summed E-state index contributed by atoms with van der Waals surface area (Å²) in [5, 5.41) is -0.143. The number of ether oxygens (including phenoxy) is 1. The second kappa shape index (κ2) is 5.67. The number of nitrogens with one attached hydrogen (secondary N) is 2. The third-order valence-electron chi connectivity index (χ3n) is 1.77. The maximum absolute atomic E-state index is 11.7. The van der Waals surface area contributed by atoms with Crippen LogP contribution in [0.1, 0.15) is 5.82 Å². The standard InChI is InChI=1S/C8H12F3N3O3S/c1-6-12-4-7(14-6)18(15,16)13-2-3-17-5-8(9,10)11/h4,13H,2-3,5H2,1H3,(H,12,14). The fraction of sp³-hybridized carbons (Fsp3) is 0.625. The van der Waals surface area contributed by atoms with Crippen LogP contribution in [0.5, 0.6) is 0 Å². The Balaban J connectivity index is 2.35. The molecule has 0 radical (unpaired) electrons. The minimum Gasteiger partial charge on any atom is -0.371 e. The molecule has 0 amide bonds. The Morgan fingerprint density at radius 1 is 1.50 bits per heavy atom. The molecular formula is C8H12F3N3O3S. The lowest BCUT2D eigenvalue weighted by Crippen LogP contribution is -2.29. The van der Waals surface area contributed by atoms with Gasteiger partial charge in [0.2, 0.25) is 0 Å². The number of hydrogen-bond donors (Lipinski definition) is 2. The van der Waals surface area contributed by atoms with Crippen molar-refractivity contribution in [1.82, 2.24) is 14.7 Å². The largest absolute Gasteiger partial charge is 0.411 e. The van der Waals surface area contributed by atoms with Gasteiger partial charge in [-0.25, -0.2) is 18.1 Å². The third-order valence-corrected chi connectivity index (χ3v) is 3.14. The zero-order valence-electron chi connectivity index (χ0n) is 9.41. The van der Waals surface area contributed by atoms with Crippen LogP contribution in [-0.2, 0) is 14.8 Å². The Kier molecular flexibility index (Phi) is 4.71. The molecule has 0 aliphatic heterocycles. The topological polar surface area (TPSA) is 84.1 Å². The second-order valence-electron chi connectivity index (χ2n) is 3.40. The number of aromatic amines is 1. The van der Waals surface area contributed by atoms with Crippen molar-refractivity contribution in [2.75, 3.05) is 19.8 Å². The highest BCUT2D eigenvalue weighted by atomic mass is 32.2. The van der Waals surface area contributed by atoms with Gasteiger partial charge in [-0.2, -0.15) is 13.2 Å². The molecule has 18 heavy (non-hydrogen) atoms. The average molecular weight is 287 g/mol. The van der Waals surface area contributed by atoms with Gasteiger partial charge < -0.3 is 9.72 Å². The lowest BCUT2D eigenvalue weighted by Gasteiger charge is -2.08. The van der Waals surface area contributed by atoms with Crippen LogP contribution in [0.25, 0.3) is 0 Å². The summed E-state index contributed by atoms with van der Waals surface area (Å²) < 4.78 is 64.6. The highest BCUT2D eigenvalue weighted by Crippen LogP contribution is 2.14. The van der Waals surface area contributed by atoms with Crippen LogP contribution < -0.4 is 4.72 Å². The summed E-state index contributed by atoms with van der Waals surface area (Å²) in [7, 11) is -3.78. The number of hydrogen-bond acceptors (Lipinski definition) is 4. The molecule has 1 rings (SSSR count). The number of H-pyrrole nitrogens is 1. The van der Waals surface area contributed by atoms with Crippen LogP contribution in [0.4, 0.5) is 13.2 Å². The summed E-state index contributed by atoms with van der Waals surface area (Å²) in [6, 6.07) is 0. The Morgan fingerprint density at radius 2 is 2.17 bits per heavy atom. The van der Waals surface area contributed by atoms with Gasteiger partial charge in [0.1, 0.15) is 12.4 Å². The maximum Gasteiger partial charge on any atom is 0.411 e. The monoisotopic (exact) mass is 287 g/mol. The molecule has 0 atom stereocenters. The molecule has 1 heterocycles. The van der Waals surface area contributed by atoms with Crippen molar-refractivity contribution in [2.24, 2.45) is 0 Å². The summed E-state index contributed by atoms with van der Waals surface area (Å²) in [5.74, 6) is 0.420. The van der Waals surface area contributed by atoms with Gasteiger partial charge in [-0.3, -0.25) is 0 Å². The summed E-state index contributed by atoms with van der Waals surface area (Å²) in [6.07, 6.45) is -3.30. The van der Waals surface area contributed by atoms with E-state index in [0.29, 0.717) is 5.82 Å². The fourth-order valence-electron chi connectivity index (χ4n) is 1.05. The number of alkyl halides is 3. The molecular weight excluding hydrogens is 275 g/mol. The quantitative estimate of drug-likeness (QED) is 0.749. The molecule has 1 aromatic heterocycles. The molecule has 0 aliphatic rings. The van der Waals surface area contributed by atoms with Crippen molar-refractivity contribution in [3.8, 4) is 0 Å². The number of aromatic nitrogens is 2. The smallest absolute Gasteiger partial charge is 0.371 e. The SMILES string of the molecule is Cc1ncc(S(=O)(=O)NCCOCC(F)(F)F)[nH]1. The molecule has 1 aromatic rings. The first-order valence-electron chi connectivity index (χ1n) is 4.86. The highest BCUT2D eigenvalue weighted by Gasteiger charge is 2.27. The van der Waals surface area contributed by atoms with E-state index in [1.165, 1.54) is 0 Å². The summed E-state index contributed by atoms with van der Waals surface area (Å²) in [4.78, 5) is 6.20. The molecule has 0 saturated heterocycles. The minimum absolute atomic E-state index is 0.143. The van der Waals surface area contributed by atoms with Crippen molar-refractivity contribution in [2.45, 2.75) is 18.1 Å². The molecule has 0 fully saturated rings. The van der Waals surface area contributed by atoms with Crippen molar-refractivity contribution < 1.29 is 26.3 Å². The number of sulfonamides is 1. The Labute approximate surface area is 102 Å². The van der Waals surface area contributed by atoms with Crippen molar-refractivity contribution >= 4 is 10.0 Å². The first-order valence-corrected chi connectivity index (χ1v) is 6.35. The lowest BCUT2D eigenvalue weighted by molar-refractivity contribution is -0.173. The van der Waals surface area contributed by atoms with Crippen LogP contribution in [0.15, 0.2) is 11.2 Å². The Bertz CT molecular complexity index is 483. The fourth-order valence-corrected chi connectivity index (χ4v) is 2.03. The zero-order valence-corrected chi connectivity index (χ0v) is 10.2. The summed E-state index contributed by atoms with van der Waals surface area (Å²) in [6.45, 7) is -0.453. The number of nitrogens with zero attached hydrogens (tertiary/aromatic N) is 1. The molecule has 0 unspecified atom stereocenters. The number of halogens is 3. The summed E-state index contributed by atoms with van der Waals surface area (Å²) >= 11 is 0. The zero-order chi connectivity index (χ0) is 13.8. The third kappa shape index (κ3) is 5.02. The minimum atomic E-state index is -4.42. The number of aryl methyl sites for hydroxylation is 1. The van der Waals surface area contributed by atoms with Gasteiger partial charge in [-0.1, -0.05) is 0 Å². The van der Waals surface area contributed by atoms with Crippen LogP contribution >= 0.6 is 0 Å². The maximum atomic E-state index is 11.7. The van der Waals surface area contributed by atoms with E-state index < -0.39 is 22.8 Å². The van der Waals surface area contributed by atoms with Gasteiger partial charge in [-0.05, 0) is 6.92 Å². The van der Waals surface area contributed by atoms with E-state index in [1.54, 1.807) is 6.92 Å². The van der Waals surface area contributed by atoms with Crippen LogP contribution in [0.2, 0.25) is 0 Å². The molecule has 10 heteroatoms. The highest BCUT2D eigenvalue weighted by molar-refractivity contribution is 7.89. The molecule has 0 spiro atoms. The Morgan fingerprint density at radius 3 is 2.67 bits per heavy atom. The lowest BCUT2D eigenvalue weighted by atomic mass is 10.7. The molecule has 0 aromatic carbocycles. The normalized spacial score (nSPS) is 12.9. The molecule has 6 nitrogen and oxygen atoms in total. The number of rotatable bonds is 6. The van der Waals surface area contributed by atoms with Crippen molar-refractivity contribution in [1.29, 1.82) is 0 Å². The average Bonchev–Trinajstić information content (AvgIpc) is 2.63. The van der Waals surface area contributed by atoms with Crippen LogP contribution in [-0.4, -0.2) is 44.3 Å². The Hall–Kier alpha value is -1.13. The van der Waals surface area contributed by atoms with Gasteiger partial charge in [0, 0.05) is 6.54 Å². The van der Waals surface area contributed by atoms with Gasteiger partial charge in [0.05, 0.1) is 12.8 Å². The predicted molar refractivity (Wildman–Crippen MR) is 55.4 cm³/mol. The summed E-state index contributed by atoms with van der Waals surface area (Å²) in [5.41, 5.74) is 0. The predicted octanol–water partition coefficient (Wildman–Crippen LogP) is 0.575. The van der Waals surface area contributed by atoms with E-state index in [2.05, 4.69) is 19.4 Å². The van der Waals surface area contributed by atoms with E-state index >= 15 is 0 Å². The van der Waals surface area contributed by atoms with E-state index in [0.717, 1.165) is 6.20 Å². The van der Waals surface area contributed by atoms with Gasteiger partial charge >= 0.3 is 6.18 Å². The van der Waals surface area contributed by atoms with Gasteiger partial charge in [0.25, 0.3) is 10.0 Å². The molecule has 104 valence electrons. The van der Waals surface area contributed by atoms with Crippen molar-refractivity contribution in [3.63, 3.8) is 0 Å². The van der Waals surface area contributed by atoms with Gasteiger partial charge in [0.15, 0.2) is 5.03 Å². The van der Waals surface area contributed by atoms with E-state index in [4.69, 9.17) is 0 Å². The first-order chi connectivity index (χ1) is 8.21. The molecule has 2 N–H and O–H groups in total.